The quantitative estimate of drug-likeness (QED) is 0.565. The Morgan fingerprint density at radius 2 is 1.95 bits per heavy atom. The van der Waals surface area contributed by atoms with Crippen LogP contribution in [0.4, 0.5) is 22.0 Å². The maximum atomic E-state index is 14.8. The molecule has 1 unspecified atom stereocenters. The number of carboxylic acid groups (broad SMARTS) is 1. The van der Waals surface area contributed by atoms with Crippen LogP contribution >= 0.6 is 0 Å². The number of carbonyl (C=O) groups excluding carboxylic acids is 1. The maximum Gasteiger partial charge on any atom is 0.490 e. The van der Waals surface area contributed by atoms with Crippen molar-refractivity contribution in [3.05, 3.63) is 47.3 Å². The van der Waals surface area contributed by atoms with E-state index in [-0.39, 0.29) is 18.9 Å². The molecule has 2 aliphatic heterocycles. The molecular weight excluding hydrogens is 503 g/mol. The van der Waals surface area contributed by atoms with Gasteiger partial charge in [0.05, 0.1) is 25.3 Å². The number of hydrogen-bond donors (Lipinski definition) is 2. The lowest BCUT2D eigenvalue weighted by molar-refractivity contribution is -0.192. The number of halogens is 5. The topological polar surface area (TPSA) is 98.8 Å². The van der Waals surface area contributed by atoms with Crippen LogP contribution in [0.15, 0.2) is 30.5 Å². The fourth-order valence-corrected chi connectivity index (χ4v) is 4.91. The standard InChI is InChI=1S/C22H28F2N4O2.C2HF3O2/c1-16-18(10-25-26-16)12-27-14-21(13-22(23,24)15-27)7-4-8-28(20(21)29)11-17-5-3-6-19(9-17)30-2;3-2(4,5)1(6)7/h3,5-6,9-10H,4,7-8,11-15H2,1-2H3,(H,25,26);(H,6,7). The predicted molar refractivity (Wildman–Crippen MR) is 122 cm³/mol. The summed E-state index contributed by atoms with van der Waals surface area (Å²) in [6.07, 6.45) is -2.57. The van der Waals surface area contributed by atoms with Crippen LogP contribution in [-0.2, 0) is 22.7 Å². The molecule has 1 amide bonds. The highest BCUT2D eigenvalue weighted by atomic mass is 19.4. The number of H-pyrrole nitrogens is 1. The van der Waals surface area contributed by atoms with Gasteiger partial charge in [-0.15, -0.1) is 0 Å². The van der Waals surface area contributed by atoms with Crippen molar-refractivity contribution in [1.82, 2.24) is 20.0 Å². The molecule has 1 aromatic heterocycles. The van der Waals surface area contributed by atoms with E-state index in [1.807, 2.05) is 31.2 Å². The Morgan fingerprint density at radius 3 is 2.54 bits per heavy atom. The van der Waals surface area contributed by atoms with Crippen molar-refractivity contribution in [1.29, 1.82) is 0 Å². The zero-order valence-electron chi connectivity index (χ0n) is 20.4. The summed E-state index contributed by atoms with van der Waals surface area (Å²) in [4.78, 5) is 25.8. The molecule has 1 atom stereocenters. The number of methoxy groups -OCH3 is 1. The number of ether oxygens (including phenoxy) is 1. The molecule has 1 aromatic carbocycles. The lowest BCUT2D eigenvalue weighted by Gasteiger charge is -2.49. The Hall–Kier alpha value is -3.22. The van der Waals surface area contributed by atoms with Crippen LogP contribution in [0.2, 0.25) is 0 Å². The number of aromatic nitrogens is 2. The van der Waals surface area contributed by atoms with E-state index in [1.165, 1.54) is 0 Å². The van der Waals surface area contributed by atoms with E-state index in [1.54, 1.807) is 23.1 Å². The van der Waals surface area contributed by atoms with E-state index >= 15 is 0 Å². The number of carboxylic acids is 1. The molecule has 8 nitrogen and oxygen atoms in total. The van der Waals surface area contributed by atoms with Crippen LogP contribution in [0.25, 0.3) is 0 Å². The average molecular weight is 533 g/mol. The van der Waals surface area contributed by atoms with Crippen molar-refractivity contribution in [2.45, 2.75) is 51.4 Å². The molecule has 37 heavy (non-hydrogen) atoms. The van der Waals surface area contributed by atoms with E-state index < -0.39 is 23.5 Å². The summed E-state index contributed by atoms with van der Waals surface area (Å²) in [5, 5.41) is 14.0. The molecule has 0 radical (unpaired) electrons. The number of aliphatic carboxylic acids is 1. The fourth-order valence-electron chi connectivity index (χ4n) is 4.91. The van der Waals surface area contributed by atoms with E-state index in [4.69, 9.17) is 14.6 Å². The highest BCUT2D eigenvalue weighted by molar-refractivity contribution is 5.84. The number of hydrogen-bond acceptors (Lipinski definition) is 5. The zero-order valence-corrected chi connectivity index (χ0v) is 20.4. The fraction of sp³-hybridized carbons (Fsp3) is 0.542. The Balaban J connectivity index is 0.000000479. The van der Waals surface area contributed by atoms with Gasteiger partial charge in [-0.05, 0) is 37.5 Å². The van der Waals surface area contributed by atoms with Crippen molar-refractivity contribution < 1.29 is 41.4 Å². The summed E-state index contributed by atoms with van der Waals surface area (Å²) >= 11 is 0. The minimum absolute atomic E-state index is 0.162. The number of nitrogens with zero attached hydrogens (tertiary/aromatic N) is 3. The summed E-state index contributed by atoms with van der Waals surface area (Å²) in [5.41, 5.74) is 1.65. The van der Waals surface area contributed by atoms with Gasteiger partial charge in [0, 0.05) is 43.9 Å². The minimum atomic E-state index is -5.08. The molecule has 204 valence electrons. The van der Waals surface area contributed by atoms with E-state index in [2.05, 4.69) is 10.2 Å². The van der Waals surface area contributed by atoms with E-state index in [9.17, 15) is 26.7 Å². The van der Waals surface area contributed by atoms with Gasteiger partial charge in [0.25, 0.3) is 5.92 Å². The van der Waals surface area contributed by atoms with Crippen LogP contribution in [0.1, 0.15) is 36.1 Å². The molecule has 1 spiro atoms. The van der Waals surface area contributed by atoms with Crippen LogP contribution in [0.3, 0.4) is 0 Å². The Morgan fingerprint density at radius 1 is 1.24 bits per heavy atom. The van der Waals surface area contributed by atoms with E-state index in [0.717, 1.165) is 29.0 Å². The van der Waals surface area contributed by atoms with Crippen molar-refractivity contribution >= 4 is 11.9 Å². The normalized spacial score (nSPS) is 21.9. The van der Waals surface area contributed by atoms with Crippen LogP contribution in [-0.4, -0.2) is 75.8 Å². The van der Waals surface area contributed by atoms with Gasteiger partial charge < -0.3 is 14.7 Å². The lowest BCUT2D eigenvalue weighted by Crippen LogP contribution is -2.60. The number of aryl methyl sites for hydroxylation is 1. The smallest absolute Gasteiger partial charge is 0.490 e. The summed E-state index contributed by atoms with van der Waals surface area (Å²) in [6, 6.07) is 7.54. The third kappa shape index (κ3) is 7.18. The molecule has 13 heteroatoms. The average Bonchev–Trinajstić information content (AvgIpc) is 3.20. The zero-order chi connectivity index (χ0) is 27.4. The van der Waals surface area contributed by atoms with Gasteiger partial charge in [-0.1, -0.05) is 12.1 Å². The van der Waals surface area contributed by atoms with Crippen molar-refractivity contribution in [2.75, 3.05) is 26.7 Å². The first-order valence-corrected chi connectivity index (χ1v) is 11.6. The van der Waals surface area contributed by atoms with Gasteiger partial charge in [-0.3, -0.25) is 14.8 Å². The second-order valence-electron chi connectivity index (χ2n) is 9.46. The minimum Gasteiger partial charge on any atom is -0.497 e. The molecule has 4 rings (SSSR count). The van der Waals surface area contributed by atoms with Crippen LogP contribution in [0, 0.1) is 12.3 Å². The third-order valence-corrected chi connectivity index (χ3v) is 6.48. The number of rotatable bonds is 5. The molecule has 2 N–H and O–H groups in total. The number of likely N-dealkylation sites (tertiary alicyclic amines) is 2. The molecule has 2 aliphatic rings. The monoisotopic (exact) mass is 532 g/mol. The molecule has 0 aliphatic carbocycles. The second kappa shape index (κ2) is 11.0. The van der Waals surface area contributed by atoms with Crippen molar-refractivity contribution in [3.8, 4) is 5.75 Å². The summed E-state index contributed by atoms with van der Waals surface area (Å²) in [6.45, 7) is 3.25. The third-order valence-electron chi connectivity index (χ3n) is 6.48. The number of amides is 1. The molecule has 0 bridgehead atoms. The molecule has 2 saturated heterocycles. The van der Waals surface area contributed by atoms with Crippen LogP contribution < -0.4 is 4.74 Å². The lowest BCUT2D eigenvalue weighted by atomic mass is 9.71. The SMILES string of the molecule is COc1cccc(CN2CCCC3(CN(Cc4cn[nH]c4C)CC(F)(F)C3)C2=O)c1.O=C(O)C(F)(F)F. The predicted octanol–water partition coefficient (Wildman–Crippen LogP) is 4.01. The maximum absolute atomic E-state index is 14.8. The first kappa shape index (κ1) is 28.4. The van der Waals surface area contributed by atoms with Gasteiger partial charge >= 0.3 is 12.1 Å². The van der Waals surface area contributed by atoms with Crippen molar-refractivity contribution in [2.24, 2.45) is 5.41 Å². The number of alkyl halides is 5. The molecule has 2 aromatic rings. The highest BCUT2D eigenvalue weighted by Crippen LogP contribution is 2.45. The first-order chi connectivity index (χ1) is 17.2. The molecule has 3 heterocycles. The van der Waals surface area contributed by atoms with E-state index in [0.29, 0.717) is 32.6 Å². The molecule has 2 fully saturated rings. The number of carbonyl (C=O) groups is 2. The van der Waals surface area contributed by atoms with Gasteiger partial charge in [0.2, 0.25) is 5.91 Å². The van der Waals surface area contributed by atoms with Gasteiger partial charge in [0.15, 0.2) is 0 Å². The number of benzene rings is 1. The Labute approximate surface area is 210 Å². The van der Waals surface area contributed by atoms with Gasteiger partial charge in [-0.2, -0.15) is 18.3 Å². The second-order valence-corrected chi connectivity index (χ2v) is 9.46. The Kier molecular flexibility index (Phi) is 8.45. The molecular formula is C24H29F5N4O4. The Bertz CT molecular complexity index is 1110. The summed E-state index contributed by atoms with van der Waals surface area (Å²) < 4.78 is 66.6. The number of aromatic amines is 1. The first-order valence-electron chi connectivity index (χ1n) is 11.6. The van der Waals surface area contributed by atoms with Gasteiger partial charge in [0.1, 0.15) is 5.75 Å². The number of piperidine rings is 2. The van der Waals surface area contributed by atoms with Gasteiger partial charge in [-0.25, -0.2) is 13.6 Å². The number of nitrogens with one attached hydrogen (secondary N) is 1. The largest absolute Gasteiger partial charge is 0.497 e. The molecule has 0 saturated carbocycles. The summed E-state index contributed by atoms with van der Waals surface area (Å²) in [5.74, 6) is -5.10. The van der Waals surface area contributed by atoms with Crippen molar-refractivity contribution in [3.63, 3.8) is 0 Å². The highest BCUT2D eigenvalue weighted by Gasteiger charge is 2.55. The summed E-state index contributed by atoms with van der Waals surface area (Å²) in [7, 11) is 1.60. The van der Waals surface area contributed by atoms with Crippen LogP contribution in [0.5, 0.6) is 5.75 Å².